The van der Waals surface area contributed by atoms with E-state index in [0.29, 0.717) is 36.2 Å². The number of hydrogen-bond donors (Lipinski definition) is 1. The second-order valence-corrected chi connectivity index (χ2v) is 8.36. The van der Waals surface area contributed by atoms with E-state index < -0.39 is 10.8 Å². The average molecular weight is 458 g/mol. The summed E-state index contributed by atoms with van der Waals surface area (Å²) in [5.41, 5.74) is 10.4. The molecule has 0 saturated carbocycles. The minimum Gasteiger partial charge on any atom is -0.384 e. The Morgan fingerprint density at radius 2 is 1.88 bits per heavy atom. The summed E-state index contributed by atoms with van der Waals surface area (Å²) < 4.78 is 0. The maximum Gasteiger partial charge on any atom is 0.271 e. The number of nitro groups is 1. The Labute approximate surface area is 198 Å². The van der Waals surface area contributed by atoms with Crippen LogP contribution in [0, 0.1) is 21.4 Å². The first-order valence-electron chi connectivity index (χ1n) is 11.5. The Kier molecular flexibility index (Phi) is 6.37. The normalized spacial score (nSPS) is 18.0. The van der Waals surface area contributed by atoms with Gasteiger partial charge in [0.15, 0.2) is 5.78 Å². The van der Waals surface area contributed by atoms with E-state index in [-0.39, 0.29) is 22.9 Å². The predicted octanol–water partition coefficient (Wildman–Crippen LogP) is 4.75. The maximum absolute atomic E-state index is 13.2. The number of allylic oxidation sites excluding steroid dienone is 3. The molecule has 8 nitrogen and oxygen atoms in total. The molecule has 2 aliphatic rings. The molecule has 0 radical (unpaired) electrons. The molecule has 0 unspecified atom stereocenters. The van der Waals surface area contributed by atoms with Crippen LogP contribution >= 0.6 is 0 Å². The number of hydrogen-bond acceptors (Lipinski definition) is 7. The van der Waals surface area contributed by atoms with Gasteiger partial charge in [-0.05, 0) is 50.5 Å². The van der Waals surface area contributed by atoms with Crippen LogP contribution in [0.4, 0.5) is 17.1 Å². The van der Waals surface area contributed by atoms with Gasteiger partial charge in [0, 0.05) is 48.6 Å². The van der Waals surface area contributed by atoms with Crippen LogP contribution in [0.15, 0.2) is 71.2 Å². The fraction of sp³-hybridized carbons (Fsp3) is 0.308. The Balaban J connectivity index is 1.87. The predicted molar refractivity (Wildman–Crippen MR) is 131 cm³/mol. The zero-order valence-electron chi connectivity index (χ0n) is 19.3. The lowest BCUT2D eigenvalue weighted by Gasteiger charge is -2.39. The van der Waals surface area contributed by atoms with Crippen LogP contribution in [-0.4, -0.2) is 23.8 Å². The molecule has 1 heterocycles. The maximum atomic E-state index is 13.2. The molecule has 1 atom stereocenters. The summed E-state index contributed by atoms with van der Waals surface area (Å²) in [5.74, 6) is -0.377. The largest absolute Gasteiger partial charge is 0.384 e. The second kappa shape index (κ2) is 9.40. The van der Waals surface area contributed by atoms with Gasteiger partial charge in [-0.15, -0.1) is 0 Å². The van der Waals surface area contributed by atoms with Gasteiger partial charge in [0.1, 0.15) is 5.82 Å². The highest BCUT2D eigenvalue weighted by Gasteiger charge is 2.40. The van der Waals surface area contributed by atoms with Gasteiger partial charge in [-0.2, -0.15) is 5.26 Å². The SMILES string of the molecule is CCN(CC)c1ccc([C@H]2C(C#N)=C(N)N(c3cccc([N+](=O)[O-])c3)C3=C2C(=O)CCC3)cc1. The van der Waals surface area contributed by atoms with Gasteiger partial charge in [-0.25, -0.2) is 0 Å². The highest BCUT2D eigenvalue weighted by Crippen LogP contribution is 2.46. The van der Waals surface area contributed by atoms with Crippen LogP contribution in [0.3, 0.4) is 0 Å². The number of nitriles is 1. The Hall–Kier alpha value is -4.12. The molecule has 2 N–H and O–H groups in total. The molecule has 0 amide bonds. The van der Waals surface area contributed by atoms with Crippen molar-refractivity contribution < 1.29 is 9.72 Å². The van der Waals surface area contributed by atoms with E-state index in [4.69, 9.17) is 5.73 Å². The van der Waals surface area contributed by atoms with E-state index in [9.17, 15) is 20.2 Å². The Bertz CT molecular complexity index is 1240. The van der Waals surface area contributed by atoms with Crippen LogP contribution in [0.25, 0.3) is 0 Å². The summed E-state index contributed by atoms with van der Waals surface area (Å²) in [6.45, 7) is 5.94. The van der Waals surface area contributed by atoms with Crippen LogP contribution in [0.1, 0.15) is 44.6 Å². The fourth-order valence-electron chi connectivity index (χ4n) is 4.93. The lowest BCUT2D eigenvalue weighted by atomic mass is 9.75. The average Bonchev–Trinajstić information content (AvgIpc) is 2.85. The minimum atomic E-state index is -0.562. The van der Waals surface area contributed by atoms with Gasteiger partial charge in [0.05, 0.1) is 28.2 Å². The van der Waals surface area contributed by atoms with Crippen molar-refractivity contribution in [3.05, 3.63) is 86.9 Å². The number of nitrogens with two attached hydrogens (primary N) is 1. The first-order valence-corrected chi connectivity index (χ1v) is 11.5. The van der Waals surface area contributed by atoms with Gasteiger partial charge < -0.3 is 10.6 Å². The number of rotatable bonds is 6. The third-order valence-corrected chi connectivity index (χ3v) is 6.57. The van der Waals surface area contributed by atoms with Crippen molar-refractivity contribution in [1.29, 1.82) is 5.26 Å². The van der Waals surface area contributed by atoms with Crippen LogP contribution in [0.5, 0.6) is 0 Å². The molecule has 8 heteroatoms. The molecule has 2 aromatic rings. The van der Waals surface area contributed by atoms with Gasteiger partial charge in [0.2, 0.25) is 0 Å². The minimum absolute atomic E-state index is 0.0187. The van der Waals surface area contributed by atoms with E-state index in [1.165, 1.54) is 12.1 Å². The van der Waals surface area contributed by atoms with Gasteiger partial charge in [0.25, 0.3) is 5.69 Å². The summed E-state index contributed by atoms with van der Waals surface area (Å²) in [4.78, 5) is 28.0. The lowest BCUT2D eigenvalue weighted by molar-refractivity contribution is -0.384. The van der Waals surface area contributed by atoms with Crippen molar-refractivity contribution in [3.8, 4) is 6.07 Å². The van der Waals surface area contributed by atoms with Crippen molar-refractivity contribution in [2.75, 3.05) is 22.9 Å². The summed E-state index contributed by atoms with van der Waals surface area (Å²) in [6, 6.07) is 16.3. The molecule has 34 heavy (non-hydrogen) atoms. The number of benzene rings is 2. The number of nitro benzene ring substituents is 1. The second-order valence-electron chi connectivity index (χ2n) is 8.36. The van der Waals surface area contributed by atoms with E-state index in [1.807, 2.05) is 24.3 Å². The summed E-state index contributed by atoms with van der Waals surface area (Å²) in [6.07, 6.45) is 1.65. The molecule has 4 rings (SSSR count). The molecule has 1 aliphatic carbocycles. The zero-order valence-corrected chi connectivity index (χ0v) is 19.3. The molecule has 174 valence electrons. The number of ketones is 1. The Morgan fingerprint density at radius 1 is 1.18 bits per heavy atom. The molecular formula is C26H27N5O3. The molecule has 0 aromatic heterocycles. The zero-order chi connectivity index (χ0) is 24.4. The van der Waals surface area contributed by atoms with E-state index in [1.54, 1.807) is 17.0 Å². The summed E-state index contributed by atoms with van der Waals surface area (Å²) in [5, 5.41) is 21.5. The number of nitrogens with zero attached hydrogens (tertiary/aromatic N) is 4. The number of Topliss-reactive ketones (excluding diaryl/α,β-unsaturated/α-hetero) is 1. The molecule has 0 spiro atoms. The van der Waals surface area contributed by atoms with Crippen molar-refractivity contribution >= 4 is 22.8 Å². The van der Waals surface area contributed by atoms with Crippen LogP contribution in [-0.2, 0) is 4.79 Å². The smallest absolute Gasteiger partial charge is 0.271 e. The molecule has 0 saturated heterocycles. The molecule has 2 aromatic carbocycles. The van der Waals surface area contributed by atoms with E-state index in [0.717, 1.165) is 24.3 Å². The lowest BCUT2D eigenvalue weighted by Crippen LogP contribution is -2.38. The molecule has 0 bridgehead atoms. The highest BCUT2D eigenvalue weighted by molar-refractivity contribution is 6.01. The van der Waals surface area contributed by atoms with Crippen molar-refractivity contribution in [1.82, 2.24) is 0 Å². The Morgan fingerprint density at radius 3 is 2.50 bits per heavy atom. The van der Waals surface area contributed by atoms with Crippen molar-refractivity contribution in [3.63, 3.8) is 0 Å². The summed E-state index contributed by atoms with van der Waals surface area (Å²) >= 11 is 0. The van der Waals surface area contributed by atoms with E-state index >= 15 is 0 Å². The van der Waals surface area contributed by atoms with Gasteiger partial charge >= 0.3 is 0 Å². The monoisotopic (exact) mass is 457 g/mol. The fourth-order valence-corrected chi connectivity index (χ4v) is 4.93. The summed E-state index contributed by atoms with van der Waals surface area (Å²) in [7, 11) is 0. The van der Waals surface area contributed by atoms with E-state index in [2.05, 4.69) is 24.8 Å². The molecule has 0 fully saturated rings. The standard InChI is InChI=1S/C26H27N5O3/c1-3-29(4-2)18-13-11-17(12-14-18)24-21(16-27)26(28)30(22-9-6-10-23(32)25(22)24)19-7-5-8-20(15-19)31(33)34/h5,7-8,11-15,24H,3-4,6,9-10,28H2,1-2H3/t24-/m0/s1. The van der Waals surface area contributed by atoms with Gasteiger partial charge in [-0.1, -0.05) is 18.2 Å². The number of carbonyl (C=O) groups is 1. The third kappa shape index (κ3) is 3.90. The van der Waals surface area contributed by atoms with Crippen LogP contribution < -0.4 is 15.5 Å². The number of anilines is 2. The van der Waals surface area contributed by atoms with Gasteiger partial charge in [-0.3, -0.25) is 19.8 Å². The highest BCUT2D eigenvalue weighted by atomic mass is 16.6. The number of non-ortho nitro benzene ring substituents is 1. The third-order valence-electron chi connectivity index (χ3n) is 6.57. The van der Waals surface area contributed by atoms with Crippen molar-refractivity contribution in [2.45, 2.75) is 39.0 Å². The molecular weight excluding hydrogens is 430 g/mol. The topological polar surface area (TPSA) is 116 Å². The molecule has 1 aliphatic heterocycles. The number of carbonyl (C=O) groups excluding carboxylic acids is 1. The first kappa shape index (κ1) is 23.1. The quantitative estimate of drug-likeness (QED) is 0.491. The first-order chi connectivity index (χ1) is 16.4. The van der Waals surface area contributed by atoms with Crippen LogP contribution in [0.2, 0.25) is 0 Å². The van der Waals surface area contributed by atoms with Crippen molar-refractivity contribution in [2.24, 2.45) is 5.73 Å².